The fourth-order valence-corrected chi connectivity index (χ4v) is 2.66. The fourth-order valence-electron chi connectivity index (χ4n) is 1.99. The van der Waals surface area contributed by atoms with Gasteiger partial charge >= 0.3 is 6.09 Å². The first kappa shape index (κ1) is 16.1. The molecule has 0 unspecified atom stereocenters. The molecule has 0 bridgehead atoms. The van der Waals surface area contributed by atoms with Crippen LogP contribution in [0.15, 0.2) is 95.9 Å². The summed E-state index contributed by atoms with van der Waals surface area (Å²) in [7, 11) is 0. The molecular weight excluding hydrogens is 320 g/mol. The summed E-state index contributed by atoms with van der Waals surface area (Å²) in [4.78, 5) is 16.6. The number of nitrogens with zero attached hydrogens (tertiary/aromatic N) is 1. The van der Waals surface area contributed by atoms with Crippen LogP contribution >= 0.6 is 11.9 Å². The van der Waals surface area contributed by atoms with Crippen molar-refractivity contribution in [1.29, 1.82) is 0 Å². The number of benzene rings is 3. The second kappa shape index (κ2) is 8.19. The lowest BCUT2D eigenvalue weighted by atomic mass is 10.3. The molecule has 0 saturated carbocycles. The Balaban J connectivity index is 1.75. The number of anilines is 1. The first-order valence-corrected chi connectivity index (χ1v) is 8.24. The second-order valence-electron chi connectivity index (χ2n) is 4.86. The number of amides is 1. The van der Waals surface area contributed by atoms with Gasteiger partial charge in [0.05, 0.1) is 5.69 Å². The summed E-state index contributed by atoms with van der Waals surface area (Å²) in [5.41, 5.74) is 0.696. The molecule has 4 nitrogen and oxygen atoms in total. The number of nitrogens with one attached hydrogen (secondary N) is 1. The first-order chi connectivity index (χ1) is 11.8. The molecule has 3 rings (SSSR count). The Morgan fingerprint density at radius 2 is 1.33 bits per heavy atom. The van der Waals surface area contributed by atoms with Gasteiger partial charge in [-0.15, -0.1) is 0 Å². The Labute approximate surface area is 145 Å². The Kier molecular flexibility index (Phi) is 5.50. The van der Waals surface area contributed by atoms with Gasteiger partial charge in [-0.05, 0) is 48.3 Å². The van der Waals surface area contributed by atoms with Crippen molar-refractivity contribution < 1.29 is 9.53 Å². The zero-order valence-electron chi connectivity index (χ0n) is 12.8. The minimum atomic E-state index is -0.504. The lowest BCUT2D eigenvalue weighted by molar-refractivity contribution is 0.206. The molecule has 120 valence electrons. The van der Waals surface area contributed by atoms with E-state index in [9.17, 15) is 4.79 Å². The maximum absolute atomic E-state index is 12.6. The molecule has 0 heterocycles. The van der Waals surface area contributed by atoms with E-state index in [-0.39, 0.29) is 0 Å². The van der Waals surface area contributed by atoms with Crippen LogP contribution in [0.5, 0.6) is 5.75 Å². The zero-order valence-corrected chi connectivity index (χ0v) is 13.6. The van der Waals surface area contributed by atoms with Gasteiger partial charge < -0.3 is 4.74 Å². The van der Waals surface area contributed by atoms with Crippen LogP contribution in [0.4, 0.5) is 10.5 Å². The lowest BCUT2D eigenvalue weighted by Crippen LogP contribution is -2.41. The average Bonchev–Trinajstić information content (AvgIpc) is 2.64. The van der Waals surface area contributed by atoms with E-state index in [0.717, 1.165) is 4.90 Å². The van der Waals surface area contributed by atoms with E-state index in [4.69, 9.17) is 4.74 Å². The Hall–Kier alpha value is -2.76. The summed E-state index contributed by atoms with van der Waals surface area (Å²) >= 11 is 1.34. The molecule has 0 aliphatic rings. The maximum Gasteiger partial charge on any atom is 0.435 e. The van der Waals surface area contributed by atoms with Crippen LogP contribution < -0.4 is 14.6 Å². The Bertz CT molecular complexity index is 767. The normalized spacial score (nSPS) is 10.2. The van der Waals surface area contributed by atoms with E-state index in [1.807, 2.05) is 78.9 Å². The molecule has 0 saturated heterocycles. The number of para-hydroxylation sites is 2. The molecular formula is C19H16N2O2S. The first-order valence-electron chi connectivity index (χ1n) is 7.42. The van der Waals surface area contributed by atoms with Crippen molar-refractivity contribution in [2.45, 2.75) is 4.90 Å². The summed E-state index contributed by atoms with van der Waals surface area (Å²) in [5, 5.41) is 1.38. The van der Waals surface area contributed by atoms with Gasteiger partial charge in [0, 0.05) is 4.90 Å². The standard InChI is InChI=1S/C19H16N2O2S/c22-19(23-17-12-6-2-7-13-17)21(16-10-4-1-5-11-16)20-24-18-14-8-3-9-15-18/h1-15,20H. The van der Waals surface area contributed by atoms with E-state index in [2.05, 4.69) is 4.83 Å². The van der Waals surface area contributed by atoms with Crippen LogP contribution in [0.1, 0.15) is 0 Å². The highest BCUT2D eigenvalue weighted by Crippen LogP contribution is 2.20. The third-order valence-electron chi connectivity index (χ3n) is 3.14. The molecule has 0 aromatic heterocycles. The molecule has 0 fully saturated rings. The Morgan fingerprint density at radius 1 is 0.792 bits per heavy atom. The number of hydrogen-bond acceptors (Lipinski definition) is 4. The minimum Gasteiger partial charge on any atom is -0.409 e. The van der Waals surface area contributed by atoms with E-state index in [1.165, 1.54) is 17.0 Å². The minimum absolute atomic E-state index is 0.495. The second-order valence-corrected chi connectivity index (χ2v) is 5.72. The number of hydrazine groups is 1. The highest BCUT2D eigenvalue weighted by atomic mass is 32.2. The van der Waals surface area contributed by atoms with E-state index >= 15 is 0 Å². The monoisotopic (exact) mass is 336 g/mol. The molecule has 1 N–H and O–H groups in total. The molecule has 0 radical (unpaired) electrons. The van der Waals surface area contributed by atoms with Gasteiger partial charge in [0.1, 0.15) is 5.75 Å². The third-order valence-corrected chi connectivity index (χ3v) is 3.93. The molecule has 24 heavy (non-hydrogen) atoms. The smallest absolute Gasteiger partial charge is 0.409 e. The summed E-state index contributed by atoms with van der Waals surface area (Å²) in [6.07, 6.45) is -0.504. The lowest BCUT2D eigenvalue weighted by Gasteiger charge is -2.22. The summed E-state index contributed by atoms with van der Waals surface area (Å²) in [6, 6.07) is 28.1. The van der Waals surface area contributed by atoms with Crippen molar-refractivity contribution in [3.63, 3.8) is 0 Å². The molecule has 0 aliphatic carbocycles. The number of carbonyl (C=O) groups excluding carboxylic acids is 1. The van der Waals surface area contributed by atoms with E-state index in [0.29, 0.717) is 11.4 Å². The van der Waals surface area contributed by atoms with Crippen LogP contribution in [0, 0.1) is 0 Å². The van der Waals surface area contributed by atoms with Crippen LogP contribution in [0.3, 0.4) is 0 Å². The van der Waals surface area contributed by atoms with Gasteiger partial charge in [-0.3, -0.25) is 0 Å². The average molecular weight is 336 g/mol. The summed E-state index contributed by atoms with van der Waals surface area (Å²) < 4.78 is 5.43. The van der Waals surface area contributed by atoms with Gasteiger partial charge in [0.25, 0.3) is 0 Å². The van der Waals surface area contributed by atoms with Crippen LogP contribution in [-0.2, 0) is 0 Å². The molecule has 3 aromatic carbocycles. The quantitative estimate of drug-likeness (QED) is 0.531. The molecule has 0 spiro atoms. The Morgan fingerprint density at radius 3 is 1.96 bits per heavy atom. The largest absolute Gasteiger partial charge is 0.435 e. The van der Waals surface area contributed by atoms with Crippen molar-refractivity contribution in [2.75, 3.05) is 5.01 Å². The van der Waals surface area contributed by atoms with Crippen LogP contribution in [-0.4, -0.2) is 6.09 Å². The number of rotatable bonds is 5. The molecule has 5 heteroatoms. The van der Waals surface area contributed by atoms with Gasteiger partial charge in [0.15, 0.2) is 0 Å². The SMILES string of the molecule is O=C(Oc1ccccc1)N(NSc1ccccc1)c1ccccc1. The molecule has 1 amide bonds. The van der Waals surface area contributed by atoms with Crippen molar-refractivity contribution >= 4 is 23.7 Å². The van der Waals surface area contributed by atoms with E-state index in [1.54, 1.807) is 12.1 Å². The molecule has 0 aliphatic heterocycles. The topological polar surface area (TPSA) is 41.6 Å². The number of hydrogen-bond donors (Lipinski definition) is 1. The maximum atomic E-state index is 12.6. The highest BCUT2D eigenvalue weighted by Gasteiger charge is 2.18. The molecule has 3 aromatic rings. The van der Waals surface area contributed by atoms with Gasteiger partial charge in [0.2, 0.25) is 0 Å². The molecule has 0 atom stereocenters. The number of ether oxygens (including phenoxy) is 1. The zero-order chi connectivity index (χ0) is 16.6. The predicted octanol–water partition coefficient (Wildman–Crippen LogP) is 4.90. The van der Waals surface area contributed by atoms with Gasteiger partial charge in [-0.25, -0.2) is 4.79 Å². The van der Waals surface area contributed by atoms with Gasteiger partial charge in [-0.2, -0.15) is 9.84 Å². The van der Waals surface area contributed by atoms with Crippen molar-refractivity contribution in [3.05, 3.63) is 91.0 Å². The van der Waals surface area contributed by atoms with Crippen molar-refractivity contribution in [2.24, 2.45) is 0 Å². The summed E-state index contributed by atoms with van der Waals surface area (Å²) in [5.74, 6) is 0.495. The van der Waals surface area contributed by atoms with E-state index < -0.39 is 6.09 Å². The third kappa shape index (κ3) is 4.38. The van der Waals surface area contributed by atoms with Crippen LogP contribution in [0.25, 0.3) is 0 Å². The summed E-state index contributed by atoms with van der Waals surface area (Å²) in [6.45, 7) is 0. The number of carbonyl (C=O) groups is 1. The van der Waals surface area contributed by atoms with Gasteiger partial charge in [-0.1, -0.05) is 54.6 Å². The highest BCUT2D eigenvalue weighted by molar-refractivity contribution is 7.97. The van der Waals surface area contributed by atoms with Crippen molar-refractivity contribution in [1.82, 2.24) is 4.83 Å². The van der Waals surface area contributed by atoms with Crippen LogP contribution in [0.2, 0.25) is 0 Å². The fraction of sp³-hybridized carbons (Fsp3) is 0. The van der Waals surface area contributed by atoms with Crippen molar-refractivity contribution in [3.8, 4) is 5.75 Å². The predicted molar refractivity (Wildman–Crippen MR) is 96.8 cm³/mol.